The van der Waals surface area contributed by atoms with Crippen LogP contribution in [0, 0.1) is 10.1 Å². The molecule has 18 heavy (non-hydrogen) atoms. The minimum absolute atomic E-state index is 0.0663. The van der Waals surface area contributed by atoms with E-state index in [0.29, 0.717) is 17.9 Å². The Morgan fingerprint density at radius 3 is 2.56 bits per heavy atom. The van der Waals surface area contributed by atoms with E-state index in [4.69, 9.17) is 10.8 Å². The first-order valence-electron chi connectivity index (χ1n) is 5.30. The van der Waals surface area contributed by atoms with E-state index in [1.54, 1.807) is 23.9 Å². The lowest BCUT2D eigenvalue weighted by Gasteiger charge is -2.05. The SMILES string of the molecule is N[C@@H](CCSCc1ccc([N+](=O)[O-])cc1)C(=O)O. The van der Waals surface area contributed by atoms with Crippen molar-refractivity contribution >= 4 is 23.4 Å². The topological polar surface area (TPSA) is 106 Å². The normalized spacial score (nSPS) is 12.1. The van der Waals surface area contributed by atoms with Crippen molar-refractivity contribution in [2.45, 2.75) is 18.2 Å². The van der Waals surface area contributed by atoms with Gasteiger partial charge in [-0.2, -0.15) is 11.8 Å². The Hall–Kier alpha value is -1.60. The number of nitrogens with two attached hydrogens (primary N) is 1. The second-order valence-electron chi connectivity index (χ2n) is 3.71. The number of nitro groups is 1. The monoisotopic (exact) mass is 270 g/mol. The van der Waals surface area contributed by atoms with Crippen molar-refractivity contribution in [3.05, 3.63) is 39.9 Å². The van der Waals surface area contributed by atoms with Gasteiger partial charge in [-0.3, -0.25) is 14.9 Å². The Morgan fingerprint density at radius 2 is 2.06 bits per heavy atom. The number of carboxylic acids is 1. The summed E-state index contributed by atoms with van der Waals surface area (Å²) in [6.45, 7) is 0. The number of carboxylic acid groups (broad SMARTS) is 1. The summed E-state index contributed by atoms with van der Waals surface area (Å²) in [6, 6.07) is 5.48. The Kier molecular flexibility index (Phi) is 5.60. The summed E-state index contributed by atoms with van der Waals surface area (Å²) < 4.78 is 0. The molecule has 0 aliphatic rings. The quantitative estimate of drug-likeness (QED) is 0.443. The smallest absolute Gasteiger partial charge is 0.320 e. The molecular weight excluding hydrogens is 256 g/mol. The van der Waals surface area contributed by atoms with Crippen LogP contribution in [0.15, 0.2) is 24.3 Å². The highest BCUT2D eigenvalue weighted by atomic mass is 32.2. The summed E-state index contributed by atoms with van der Waals surface area (Å²) in [4.78, 5) is 20.5. The number of nitrogens with zero attached hydrogens (tertiary/aromatic N) is 1. The minimum Gasteiger partial charge on any atom is -0.480 e. The molecule has 0 saturated heterocycles. The summed E-state index contributed by atoms with van der Waals surface area (Å²) in [6.07, 6.45) is 0.410. The largest absolute Gasteiger partial charge is 0.480 e. The van der Waals surface area contributed by atoms with E-state index in [-0.39, 0.29) is 5.69 Å². The molecule has 0 saturated carbocycles. The molecule has 7 heteroatoms. The predicted molar refractivity (Wildman–Crippen MR) is 69.5 cm³/mol. The lowest BCUT2D eigenvalue weighted by molar-refractivity contribution is -0.384. The number of carbonyl (C=O) groups is 1. The van der Waals surface area contributed by atoms with E-state index in [1.807, 2.05) is 0 Å². The number of non-ortho nitro benzene ring substituents is 1. The molecule has 1 aromatic carbocycles. The number of aliphatic carboxylic acids is 1. The van der Waals surface area contributed by atoms with Crippen LogP contribution in [0.2, 0.25) is 0 Å². The fraction of sp³-hybridized carbons (Fsp3) is 0.364. The lowest BCUT2D eigenvalue weighted by Crippen LogP contribution is -2.30. The van der Waals surface area contributed by atoms with Crippen molar-refractivity contribution in [3.8, 4) is 0 Å². The van der Waals surface area contributed by atoms with Crippen LogP contribution in [-0.2, 0) is 10.5 Å². The fourth-order valence-corrected chi connectivity index (χ4v) is 2.23. The first-order chi connectivity index (χ1) is 8.50. The van der Waals surface area contributed by atoms with Crippen LogP contribution in [0.4, 0.5) is 5.69 Å². The number of nitro benzene ring substituents is 1. The molecule has 0 fully saturated rings. The van der Waals surface area contributed by atoms with E-state index < -0.39 is 16.9 Å². The lowest BCUT2D eigenvalue weighted by atomic mass is 10.2. The van der Waals surface area contributed by atoms with Gasteiger partial charge in [-0.1, -0.05) is 12.1 Å². The zero-order chi connectivity index (χ0) is 13.5. The first-order valence-corrected chi connectivity index (χ1v) is 6.45. The van der Waals surface area contributed by atoms with E-state index in [0.717, 1.165) is 5.56 Å². The van der Waals surface area contributed by atoms with Crippen LogP contribution in [-0.4, -0.2) is 27.8 Å². The van der Waals surface area contributed by atoms with E-state index in [2.05, 4.69) is 0 Å². The maximum Gasteiger partial charge on any atom is 0.320 e. The molecule has 98 valence electrons. The summed E-state index contributed by atoms with van der Waals surface area (Å²) in [5.74, 6) is 0.334. The third-order valence-electron chi connectivity index (χ3n) is 2.31. The van der Waals surface area contributed by atoms with Crippen molar-refractivity contribution in [2.75, 3.05) is 5.75 Å². The van der Waals surface area contributed by atoms with Crippen molar-refractivity contribution in [1.82, 2.24) is 0 Å². The molecule has 0 aliphatic heterocycles. The Labute approximate surface area is 108 Å². The van der Waals surface area contributed by atoms with Crippen molar-refractivity contribution in [1.29, 1.82) is 0 Å². The molecule has 0 radical (unpaired) electrons. The van der Waals surface area contributed by atoms with Crippen LogP contribution in [0.25, 0.3) is 0 Å². The zero-order valence-corrected chi connectivity index (χ0v) is 10.4. The third kappa shape index (κ3) is 4.72. The van der Waals surface area contributed by atoms with Gasteiger partial charge in [0, 0.05) is 17.9 Å². The van der Waals surface area contributed by atoms with Gasteiger partial charge in [0.1, 0.15) is 6.04 Å². The summed E-state index contributed by atoms with van der Waals surface area (Å²) in [7, 11) is 0. The molecule has 1 rings (SSSR count). The zero-order valence-electron chi connectivity index (χ0n) is 9.61. The van der Waals surface area contributed by atoms with Crippen molar-refractivity contribution < 1.29 is 14.8 Å². The van der Waals surface area contributed by atoms with E-state index >= 15 is 0 Å². The summed E-state index contributed by atoms with van der Waals surface area (Å²) >= 11 is 1.55. The van der Waals surface area contributed by atoms with Crippen LogP contribution in [0.5, 0.6) is 0 Å². The number of thioether (sulfide) groups is 1. The van der Waals surface area contributed by atoms with Gasteiger partial charge in [0.15, 0.2) is 0 Å². The van der Waals surface area contributed by atoms with E-state index in [9.17, 15) is 14.9 Å². The Balaban J connectivity index is 2.31. The molecule has 0 bridgehead atoms. The van der Waals surface area contributed by atoms with Gasteiger partial charge < -0.3 is 10.8 Å². The second-order valence-corrected chi connectivity index (χ2v) is 4.81. The molecular formula is C11H14N2O4S. The van der Waals surface area contributed by atoms with Gasteiger partial charge in [-0.15, -0.1) is 0 Å². The van der Waals surface area contributed by atoms with Gasteiger partial charge in [0.05, 0.1) is 4.92 Å². The summed E-state index contributed by atoms with van der Waals surface area (Å²) in [5.41, 5.74) is 6.39. The fourth-order valence-electron chi connectivity index (χ4n) is 1.24. The van der Waals surface area contributed by atoms with Gasteiger partial charge in [-0.05, 0) is 17.7 Å². The number of benzene rings is 1. The molecule has 0 heterocycles. The second kappa shape index (κ2) is 6.97. The molecule has 0 spiro atoms. The Bertz CT molecular complexity index is 422. The van der Waals surface area contributed by atoms with Crippen molar-refractivity contribution in [2.24, 2.45) is 5.73 Å². The summed E-state index contributed by atoms with van der Waals surface area (Å²) in [5, 5.41) is 19.0. The van der Waals surface area contributed by atoms with Crippen LogP contribution < -0.4 is 5.73 Å². The average molecular weight is 270 g/mol. The number of hydrogen-bond acceptors (Lipinski definition) is 5. The van der Waals surface area contributed by atoms with Gasteiger partial charge in [-0.25, -0.2) is 0 Å². The third-order valence-corrected chi connectivity index (χ3v) is 3.37. The standard InChI is InChI=1S/C11H14N2O4S/c12-10(11(14)15)5-6-18-7-8-1-3-9(4-2-8)13(16)17/h1-4,10H,5-7,12H2,(H,14,15)/t10-/m0/s1. The van der Waals surface area contributed by atoms with Crippen LogP contribution in [0.3, 0.4) is 0 Å². The molecule has 0 unspecified atom stereocenters. The highest BCUT2D eigenvalue weighted by Gasteiger charge is 2.10. The predicted octanol–water partition coefficient (Wildman–Crippen LogP) is 1.63. The molecule has 3 N–H and O–H groups in total. The minimum atomic E-state index is -0.995. The molecule has 0 amide bonds. The molecule has 0 aromatic heterocycles. The first kappa shape index (κ1) is 14.5. The molecule has 6 nitrogen and oxygen atoms in total. The van der Waals surface area contributed by atoms with E-state index in [1.165, 1.54) is 12.1 Å². The molecule has 1 atom stereocenters. The van der Waals surface area contributed by atoms with Crippen LogP contribution >= 0.6 is 11.8 Å². The Morgan fingerprint density at radius 1 is 1.44 bits per heavy atom. The molecule has 1 aromatic rings. The highest BCUT2D eigenvalue weighted by Crippen LogP contribution is 2.17. The van der Waals surface area contributed by atoms with Gasteiger partial charge >= 0.3 is 5.97 Å². The average Bonchev–Trinajstić information content (AvgIpc) is 2.34. The van der Waals surface area contributed by atoms with Crippen molar-refractivity contribution in [3.63, 3.8) is 0 Å². The highest BCUT2D eigenvalue weighted by molar-refractivity contribution is 7.98. The maximum atomic E-state index is 10.5. The van der Waals surface area contributed by atoms with Gasteiger partial charge in [0.2, 0.25) is 0 Å². The maximum absolute atomic E-state index is 10.5. The number of hydrogen-bond donors (Lipinski definition) is 2. The molecule has 0 aliphatic carbocycles. The van der Waals surface area contributed by atoms with Gasteiger partial charge in [0.25, 0.3) is 5.69 Å². The van der Waals surface area contributed by atoms with Crippen LogP contribution in [0.1, 0.15) is 12.0 Å². The number of rotatable bonds is 7.